The van der Waals surface area contributed by atoms with Crippen molar-refractivity contribution in [3.63, 3.8) is 0 Å². The minimum absolute atomic E-state index is 0.0344. The van der Waals surface area contributed by atoms with Crippen LogP contribution in [0.2, 0.25) is 10.0 Å². The van der Waals surface area contributed by atoms with E-state index < -0.39 is 4.92 Å². The first-order chi connectivity index (χ1) is 7.43. The molecule has 0 spiro atoms. The molecule has 0 unspecified atom stereocenters. The zero-order valence-electron chi connectivity index (χ0n) is 7.95. The van der Waals surface area contributed by atoms with Gasteiger partial charge in [0.2, 0.25) is 0 Å². The Balaban J connectivity index is 2.96. The van der Waals surface area contributed by atoms with Crippen LogP contribution in [0, 0.1) is 17.0 Å². The van der Waals surface area contributed by atoms with Gasteiger partial charge in [-0.15, -0.1) is 0 Å². The van der Waals surface area contributed by atoms with Crippen molar-refractivity contribution in [1.29, 1.82) is 0 Å². The lowest BCUT2D eigenvalue weighted by Crippen LogP contribution is -1.87. The summed E-state index contributed by atoms with van der Waals surface area (Å²) in [7, 11) is 0. The molecule has 5 nitrogen and oxygen atoms in total. The molecular weight excluding hydrogens is 257 g/mol. The number of nitrogens with zero attached hydrogens (tertiary/aromatic N) is 1. The van der Waals surface area contributed by atoms with Gasteiger partial charge in [0.1, 0.15) is 21.2 Å². The summed E-state index contributed by atoms with van der Waals surface area (Å²) < 4.78 is 5.16. The van der Waals surface area contributed by atoms with Gasteiger partial charge in [-0.2, -0.15) is 0 Å². The molecule has 0 bridgehead atoms. The summed E-state index contributed by atoms with van der Waals surface area (Å²) in [4.78, 5) is 10.2. The number of halogens is 2. The minimum atomic E-state index is -0.592. The summed E-state index contributed by atoms with van der Waals surface area (Å²) in [5, 5.41) is 20.2. The molecular formula is C9H5Cl2NO4. The molecule has 0 atom stereocenters. The molecule has 1 aromatic carbocycles. The van der Waals surface area contributed by atoms with Crippen molar-refractivity contribution in [2.75, 3.05) is 0 Å². The lowest BCUT2D eigenvalue weighted by Gasteiger charge is -1.98. The zero-order valence-corrected chi connectivity index (χ0v) is 9.46. The van der Waals surface area contributed by atoms with Gasteiger partial charge in [-0.1, -0.05) is 23.2 Å². The van der Waals surface area contributed by atoms with E-state index in [-0.39, 0.29) is 38.2 Å². The number of aryl methyl sites for hydroxylation is 1. The molecule has 2 aromatic rings. The predicted molar refractivity (Wildman–Crippen MR) is 59.3 cm³/mol. The molecule has 0 radical (unpaired) electrons. The molecule has 1 heterocycles. The van der Waals surface area contributed by atoms with Crippen LogP contribution in [0.5, 0.6) is 5.75 Å². The first-order valence-corrected chi connectivity index (χ1v) is 4.93. The number of hydrogen-bond acceptors (Lipinski definition) is 4. The topological polar surface area (TPSA) is 76.5 Å². The monoisotopic (exact) mass is 261 g/mol. The average molecular weight is 262 g/mol. The Morgan fingerprint density at radius 1 is 1.44 bits per heavy atom. The van der Waals surface area contributed by atoms with Crippen LogP contribution >= 0.6 is 23.2 Å². The largest absolute Gasteiger partial charge is 0.506 e. The molecule has 84 valence electrons. The van der Waals surface area contributed by atoms with E-state index in [2.05, 4.69) is 0 Å². The Hall–Kier alpha value is -1.46. The highest BCUT2D eigenvalue weighted by Crippen LogP contribution is 2.43. The smallest absolute Gasteiger partial charge is 0.318 e. The molecule has 0 aliphatic rings. The van der Waals surface area contributed by atoms with Crippen molar-refractivity contribution in [2.24, 2.45) is 0 Å². The van der Waals surface area contributed by atoms with E-state index in [1.165, 1.54) is 6.92 Å². The maximum absolute atomic E-state index is 10.8. The number of nitro groups is 1. The van der Waals surface area contributed by atoms with Crippen LogP contribution in [0.15, 0.2) is 10.5 Å². The van der Waals surface area contributed by atoms with Gasteiger partial charge < -0.3 is 9.52 Å². The summed E-state index contributed by atoms with van der Waals surface area (Å²) in [6.07, 6.45) is 0. The molecule has 0 amide bonds. The van der Waals surface area contributed by atoms with Crippen LogP contribution in [0.4, 0.5) is 5.69 Å². The third-order valence-corrected chi connectivity index (χ3v) is 3.01. The van der Waals surface area contributed by atoms with Gasteiger partial charge in [0.25, 0.3) is 0 Å². The van der Waals surface area contributed by atoms with Gasteiger partial charge in [0, 0.05) is 6.92 Å². The van der Waals surface area contributed by atoms with E-state index in [4.69, 9.17) is 27.6 Å². The van der Waals surface area contributed by atoms with Crippen LogP contribution < -0.4 is 0 Å². The van der Waals surface area contributed by atoms with Crippen LogP contribution in [0.1, 0.15) is 5.76 Å². The van der Waals surface area contributed by atoms with Crippen molar-refractivity contribution >= 4 is 39.9 Å². The molecule has 7 heteroatoms. The normalized spacial score (nSPS) is 10.9. The van der Waals surface area contributed by atoms with Gasteiger partial charge >= 0.3 is 5.69 Å². The van der Waals surface area contributed by atoms with Gasteiger partial charge in [0.05, 0.1) is 4.92 Å². The lowest BCUT2D eigenvalue weighted by molar-refractivity contribution is -0.384. The van der Waals surface area contributed by atoms with Gasteiger partial charge in [-0.05, 0) is 6.07 Å². The first kappa shape index (κ1) is 11.0. The van der Waals surface area contributed by atoms with Crippen molar-refractivity contribution in [1.82, 2.24) is 0 Å². The van der Waals surface area contributed by atoms with Gasteiger partial charge in [-0.3, -0.25) is 10.1 Å². The number of phenolic OH excluding ortho intramolecular Hbond substituents is 1. The van der Waals surface area contributed by atoms with Gasteiger partial charge in [-0.25, -0.2) is 0 Å². The van der Waals surface area contributed by atoms with Crippen LogP contribution in [0.25, 0.3) is 11.0 Å². The molecule has 0 fully saturated rings. The fourth-order valence-electron chi connectivity index (χ4n) is 1.49. The molecule has 16 heavy (non-hydrogen) atoms. The molecule has 1 N–H and O–H groups in total. The SMILES string of the molecule is Cc1oc2c(Cl)c(Cl)c(O)cc2c1[N+](=O)[O-]. The highest BCUT2D eigenvalue weighted by Gasteiger charge is 2.25. The predicted octanol–water partition coefficient (Wildman–Crippen LogP) is 3.66. The second-order valence-corrected chi connectivity index (χ2v) is 3.92. The van der Waals surface area contributed by atoms with E-state index in [0.717, 1.165) is 6.07 Å². The van der Waals surface area contributed by atoms with E-state index >= 15 is 0 Å². The van der Waals surface area contributed by atoms with Crippen LogP contribution in [0.3, 0.4) is 0 Å². The summed E-state index contributed by atoms with van der Waals surface area (Å²) in [6, 6.07) is 1.16. The Labute approximate surface area is 99.3 Å². The first-order valence-electron chi connectivity index (χ1n) is 4.18. The second-order valence-electron chi connectivity index (χ2n) is 3.16. The molecule has 0 aliphatic heterocycles. The Morgan fingerprint density at radius 2 is 2.06 bits per heavy atom. The minimum Gasteiger partial charge on any atom is -0.506 e. The number of aromatic hydroxyl groups is 1. The highest BCUT2D eigenvalue weighted by atomic mass is 35.5. The molecule has 1 aromatic heterocycles. The van der Waals surface area contributed by atoms with E-state index in [9.17, 15) is 15.2 Å². The lowest BCUT2D eigenvalue weighted by atomic mass is 10.2. The Morgan fingerprint density at radius 3 is 2.62 bits per heavy atom. The number of fused-ring (bicyclic) bond motifs is 1. The van der Waals surface area contributed by atoms with Crippen LogP contribution in [-0.4, -0.2) is 10.0 Å². The van der Waals surface area contributed by atoms with Gasteiger partial charge in [0.15, 0.2) is 11.3 Å². The fourth-order valence-corrected chi connectivity index (χ4v) is 1.87. The number of furan rings is 1. The maximum Gasteiger partial charge on any atom is 0.318 e. The molecule has 0 saturated heterocycles. The van der Waals surface area contributed by atoms with Crippen molar-refractivity contribution in [3.05, 3.63) is 32.0 Å². The number of hydrogen-bond donors (Lipinski definition) is 1. The standard InChI is InChI=1S/C9H5Cl2NO4/c1-3-8(12(14)15)4-2-5(13)6(10)7(11)9(4)16-3/h2,13H,1H3. The van der Waals surface area contributed by atoms with Crippen molar-refractivity contribution in [2.45, 2.75) is 6.92 Å². The summed E-state index contributed by atoms with van der Waals surface area (Å²) >= 11 is 11.5. The average Bonchev–Trinajstić information content (AvgIpc) is 2.51. The van der Waals surface area contributed by atoms with E-state index in [1.807, 2.05) is 0 Å². The van der Waals surface area contributed by atoms with E-state index in [1.54, 1.807) is 0 Å². The summed E-state index contributed by atoms with van der Waals surface area (Å²) in [5.41, 5.74) is -0.113. The van der Waals surface area contributed by atoms with Crippen molar-refractivity contribution < 1.29 is 14.4 Å². The number of rotatable bonds is 1. The molecule has 0 saturated carbocycles. The van der Waals surface area contributed by atoms with Crippen LogP contribution in [-0.2, 0) is 0 Å². The highest BCUT2D eigenvalue weighted by molar-refractivity contribution is 6.46. The van der Waals surface area contributed by atoms with Crippen molar-refractivity contribution in [3.8, 4) is 5.75 Å². The Kier molecular flexibility index (Phi) is 2.44. The molecule has 2 rings (SSSR count). The summed E-state index contributed by atoms with van der Waals surface area (Å²) in [6.45, 7) is 1.44. The zero-order chi connectivity index (χ0) is 12.0. The number of phenols is 1. The Bertz CT molecular complexity index is 605. The quantitative estimate of drug-likeness (QED) is 0.628. The second kappa shape index (κ2) is 3.54. The summed E-state index contributed by atoms with van der Waals surface area (Å²) in [5.74, 6) is -0.202. The fraction of sp³-hybridized carbons (Fsp3) is 0.111. The molecule has 0 aliphatic carbocycles. The number of benzene rings is 1. The van der Waals surface area contributed by atoms with E-state index in [0.29, 0.717) is 0 Å². The maximum atomic E-state index is 10.8. The third kappa shape index (κ3) is 1.40. The third-order valence-electron chi connectivity index (χ3n) is 2.17.